The number of anilines is 1. The van der Waals surface area contributed by atoms with Crippen LogP contribution in [0.3, 0.4) is 0 Å². The van der Waals surface area contributed by atoms with Crippen LogP contribution in [0.25, 0.3) is 16.4 Å². The van der Waals surface area contributed by atoms with E-state index < -0.39 is 17.6 Å². The van der Waals surface area contributed by atoms with Crippen molar-refractivity contribution in [3.63, 3.8) is 0 Å². The van der Waals surface area contributed by atoms with Crippen LogP contribution in [0.4, 0.5) is 14.6 Å². The van der Waals surface area contributed by atoms with Gasteiger partial charge in [-0.05, 0) is 48.3 Å². The minimum Gasteiger partial charge on any atom is -0.461 e. The molecule has 3 aromatic heterocycles. The van der Waals surface area contributed by atoms with E-state index in [-0.39, 0.29) is 41.4 Å². The van der Waals surface area contributed by atoms with Gasteiger partial charge in [-0.1, -0.05) is 0 Å². The number of alkyl halides is 1. The Balaban J connectivity index is 1.46. The van der Waals surface area contributed by atoms with Crippen LogP contribution < -0.4 is 9.64 Å². The number of ether oxygens (including phenoxy) is 2. The van der Waals surface area contributed by atoms with Crippen LogP contribution in [0.2, 0.25) is 0 Å². The largest absolute Gasteiger partial charge is 0.461 e. The molecule has 6 rings (SSSR count). The minimum atomic E-state index is -1.12. The Morgan fingerprint density at radius 2 is 2.20 bits per heavy atom. The van der Waals surface area contributed by atoms with Gasteiger partial charge in [0.1, 0.15) is 34.3 Å². The number of pyridine rings is 1. The third-order valence-electron chi connectivity index (χ3n) is 7.32. The summed E-state index contributed by atoms with van der Waals surface area (Å²) in [6, 6.07) is 1.79. The second-order valence-electron chi connectivity index (χ2n) is 10.1. The van der Waals surface area contributed by atoms with Crippen LogP contribution in [-0.4, -0.2) is 92.9 Å². The number of β-amino-alcohol motifs (C(OH)–C–C–N with tert-alkyl or cyclic N) is 1. The van der Waals surface area contributed by atoms with Crippen LogP contribution in [0.1, 0.15) is 26.2 Å². The molecule has 1 N–H and O–H groups in total. The quantitative estimate of drug-likeness (QED) is 0.494. The highest BCUT2D eigenvalue weighted by Crippen LogP contribution is 2.41. The van der Waals surface area contributed by atoms with Crippen molar-refractivity contribution in [3.8, 4) is 6.01 Å². The van der Waals surface area contributed by atoms with Crippen molar-refractivity contribution in [2.75, 3.05) is 50.9 Å². The van der Waals surface area contributed by atoms with Gasteiger partial charge < -0.3 is 19.5 Å². The van der Waals surface area contributed by atoms with E-state index in [9.17, 15) is 9.50 Å². The Kier molecular flexibility index (Phi) is 5.62. The molecule has 0 aromatic carbocycles. The molecule has 3 fully saturated rings. The maximum atomic E-state index is 15.6. The number of aromatic nitrogens is 4. The highest BCUT2D eigenvalue weighted by atomic mass is 79.9. The lowest BCUT2D eigenvalue weighted by atomic mass is 9.95. The van der Waals surface area contributed by atoms with E-state index in [0.29, 0.717) is 42.8 Å². The second-order valence-corrected chi connectivity index (χ2v) is 10.9. The molecule has 6 heterocycles. The predicted molar refractivity (Wildman–Crippen MR) is 128 cm³/mol. The molecule has 3 atom stereocenters. The van der Waals surface area contributed by atoms with Crippen LogP contribution in [0.5, 0.6) is 6.01 Å². The molecule has 1 unspecified atom stereocenters. The van der Waals surface area contributed by atoms with Gasteiger partial charge in [0.2, 0.25) is 0 Å². The van der Waals surface area contributed by atoms with Crippen LogP contribution in [0.15, 0.2) is 16.9 Å². The lowest BCUT2D eigenvalue weighted by molar-refractivity contribution is -0.0123. The van der Waals surface area contributed by atoms with Crippen molar-refractivity contribution in [2.24, 2.45) is 0 Å². The molecule has 3 aliphatic heterocycles. The fraction of sp³-hybridized carbons (Fsp3) is 0.609. The Morgan fingerprint density at radius 3 is 3.06 bits per heavy atom. The maximum Gasteiger partial charge on any atom is 0.319 e. The summed E-state index contributed by atoms with van der Waals surface area (Å²) in [5.74, 6) is -0.156. The summed E-state index contributed by atoms with van der Waals surface area (Å²) in [5.41, 5.74) is -0.795. The zero-order chi connectivity index (χ0) is 24.4. The number of aliphatic hydroxyl groups is 1. The molecule has 35 heavy (non-hydrogen) atoms. The van der Waals surface area contributed by atoms with Crippen molar-refractivity contribution >= 4 is 38.2 Å². The van der Waals surface area contributed by atoms with E-state index in [2.05, 4.69) is 30.9 Å². The van der Waals surface area contributed by atoms with Crippen LogP contribution in [0, 0.1) is 5.82 Å². The van der Waals surface area contributed by atoms with Gasteiger partial charge in [-0.15, -0.1) is 0 Å². The molecule has 0 aliphatic carbocycles. The fourth-order valence-electron chi connectivity index (χ4n) is 5.79. The number of fused-ring (bicyclic) bond motifs is 4. The van der Waals surface area contributed by atoms with E-state index in [1.165, 1.54) is 4.52 Å². The highest BCUT2D eigenvalue weighted by molar-refractivity contribution is 9.10. The van der Waals surface area contributed by atoms with Gasteiger partial charge in [0, 0.05) is 19.5 Å². The third kappa shape index (κ3) is 3.94. The topological polar surface area (TPSA) is 88.3 Å². The molecule has 9 nitrogen and oxygen atoms in total. The van der Waals surface area contributed by atoms with Gasteiger partial charge in [0.05, 0.1) is 42.4 Å². The van der Waals surface area contributed by atoms with Crippen molar-refractivity contribution in [3.05, 3.63) is 22.7 Å². The first kappa shape index (κ1) is 23.3. The van der Waals surface area contributed by atoms with Gasteiger partial charge in [0.25, 0.3) is 0 Å². The van der Waals surface area contributed by atoms with E-state index in [1.807, 2.05) is 4.90 Å². The molecule has 0 amide bonds. The fourth-order valence-corrected chi connectivity index (χ4v) is 6.26. The number of nitrogens with zero attached hydrogens (tertiary/aromatic N) is 6. The standard InChI is InChI=1S/C23H27BrF2N6O3/c1-22(33)11-30(7-8-34-12-22)20-16-15-3-5-27-32(15)19(24)17(26)18(16)28-21(29-20)35-13-23-4-2-6-31(23)10-14(25)9-23/h3,5,14,33H,2,4,6-13H2,1H3/t14-,22?,23+/m1/s1. The monoisotopic (exact) mass is 552 g/mol. The molecular formula is C23H27BrF2N6O3. The zero-order valence-electron chi connectivity index (χ0n) is 19.4. The second kappa shape index (κ2) is 8.46. The average Bonchev–Trinajstić information content (AvgIpc) is 3.48. The first-order valence-electron chi connectivity index (χ1n) is 11.9. The summed E-state index contributed by atoms with van der Waals surface area (Å²) in [7, 11) is 0. The molecule has 3 aliphatic rings. The zero-order valence-corrected chi connectivity index (χ0v) is 21.0. The van der Waals surface area contributed by atoms with Crippen LogP contribution >= 0.6 is 15.9 Å². The highest BCUT2D eigenvalue weighted by Gasteiger charge is 2.49. The van der Waals surface area contributed by atoms with E-state index >= 15 is 4.39 Å². The first-order chi connectivity index (χ1) is 16.8. The van der Waals surface area contributed by atoms with E-state index in [1.54, 1.807) is 19.2 Å². The summed E-state index contributed by atoms with van der Waals surface area (Å²) in [4.78, 5) is 13.2. The first-order valence-corrected chi connectivity index (χ1v) is 12.7. The van der Waals surface area contributed by atoms with Crippen LogP contribution in [-0.2, 0) is 4.74 Å². The summed E-state index contributed by atoms with van der Waals surface area (Å²) < 4.78 is 43.1. The SMILES string of the molecule is CC1(O)COCCN(c2nc(OC[C@@]34CCCN3C[C@H](F)C4)nc3c(F)c(Br)n4nccc4c23)C1. The Morgan fingerprint density at radius 1 is 1.34 bits per heavy atom. The van der Waals surface area contributed by atoms with Gasteiger partial charge in [-0.25, -0.2) is 13.3 Å². The van der Waals surface area contributed by atoms with Gasteiger partial charge in [0.15, 0.2) is 5.82 Å². The molecule has 3 saturated heterocycles. The minimum absolute atomic E-state index is 0.0236. The predicted octanol–water partition coefficient (Wildman–Crippen LogP) is 2.72. The average molecular weight is 553 g/mol. The summed E-state index contributed by atoms with van der Waals surface area (Å²) in [5, 5.41) is 15.5. The Labute approximate surface area is 209 Å². The van der Waals surface area contributed by atoms with Crippen molar-refractivity contribution < 1.29 is 23.4 Å². The Hall–Kier alpha value is -2.15. The number of hydrogen-bond acceptors (Lipinski definition) is 8. The summed E-state index contributed by atoms with van der Waals surface area (Å²) >= 11 is 3.29. The molecular weight excluding hydrogens is 526 g/mol. The molecule has 3 aromatic rings. The normalized spacial score (nSPS) is 29.7. The third-order valence-corrected chi connectivity index (χ3v) is 8.01. The maximum absolute atomic E-state index is 15.6. The van der Waals surface area contributed by atoms with Gasteiger partial charge >= 0.3 is 6.01 Å². The molecule has 0 bridgehead atoms. The van der Waals surface area contributed by atoms with Crippen molar-refractivity contribution in [1.82, 2.24) is 24.5 Å². The van der Waals surface area contributed by atoms with Crippen molar-refractivity contribution in [1.29, 1.82) is 0 Å². The smallest absolute Gasteiger partial charge is 0.319 e. The summed E-state index contributed by atoms with van der Waals surface area (Å²) in [6.07, 6.45) is 2.95. The van der Waals surface area contributed by atoms with E-state index in [4.69, 9.17) is 14.5 Å². The lowest BCUT2D eigenvalue weighted by Crippen LogP contribution is -2.44. The Bertz CT molecular complexity index is 1290. The van der Waals surface area contributed by atoms with Crippen molar-refractivity contribution in [2.45, 2.75) is 43.5 Å². The molecule has 12 heteroatoms. The molecule has 0 radical (unpaired) electrons. The molecule has 0 saturated carbocycles. The molecule has 188 valence electrons. The number of rotatable bonds is 4. The van der Waals surface area contributed by atoms with Gasteiger partial charge in [-0.3, -0.25) is 4.90 Å². The summed E-state index contributed by atoms with van der Waals surface area (Å²) in [6.45, 7) is 4.42. The lowest BCUT2D eigenvalue weighted by Gasteiger charge is -2.31. The van der Waals surface area contributed by atoms with E-state index in [0.717, 1.165) is 19.4 Å². The van der Waals surface area contributed by atoms with Gasteiger partial charge in [-0.2, -0.15) is 15.1 Å². The number of halogens is 3. The number of hydrogen-bond donors (Lipinski definition) is 1. The molecule has 0 spiro atoms.